The zero-order valence-electron chi connectivity index (χ0n) is 11.1. The smallest absolute Gasteiger partial charge is 0.142 e. The summed E-state index contributed by atoms with van der Waals surface area (Å²) in [4.78, 5) is 7.48. The van der Waals surface area contributed by atoms with Gasteiger partial charge in [0.05, 0.1) is 17.0 Å². The second kappa shape index (κ2) is 5.22. The molecule has 1 aliphatic rings. The zero-order chi connectivity index (χ0) is 13.9. The van der Waals surface area contributed by atoms with E-state index in [0.29, 0.717) is 17.3 Å². The molecule has 3 rings (SSSR count). The molecule has 2 aromatic heterocycles. The number of hydrogen-bond donors (Lipinski definition) is 2. The number of pyridine rings is 1. The van der Waals surface area contributed by atoms with E-state index in [1.54, 1.807) is 0 Å². The predicted octanol–water partition coefficient (Wildman–Crippen LogP) is 3.35. The van der Waals surface area contributed by atoms with Crippen molar-refractivity contribution in [3.05, 3.63) is 47.7 Å². The minimum atomic E-state index is 0.323. The van der Waals surface area contributed by atoms with E-state index in [9.17, 15) is 5.26 Å². The van der Waals surface area contributed by atoms with Gasteiger partial charge in [-0.1, -0.05) is 12.2 Å². The van der Waals surface area contributed by atoms with Gasteiger partial charge in [-0.3, -0.25) is 0 Å². The Kier molecular flexibility index (Phi) is 3.26. The third-order valence-corrected chi connectivity index (χ3v) is 3.77. The summed E-state index contributed by atoms with van der Waals surface area (Å²) in [5, 5.41) is 9.36. The molecule has 0 fully saturated rings. The molecule has 3 N–H and O–H groups in total. The van der Waals surface area contributed by atoms with Crippen LogP contribution in [0.15, 0.2) is 36.5 Å². The summed E-state index contributed by atoms with van der Waals surface area (Å²) in [6.45, 7) is 0. The van der Waals surface area contributed by atoms with Crippen molar-refractivity contribution in [3.63, 3.8) is 0 Å². The van der Waals surface area contributed by atoms with Crippen molar-refractivity contribution < 1.29 is 0 Å². The molecular formula is C16H16N4. The highest BCUT2D eigenvalue weighted by Crippen LogP contribution is 2.34. The number of nitrogens with one attached hydrogen (secondary N) is 1. The first kappa shape index (κ1) is 12.5. The second-order valence-corrected chi connectivity index (χ2v) is 5.03. The Morgan fingerprint density at radius 3 is 2.95 bits per heavy atom. The van der Waals surface area contributed by atoms with Crippen LogP contribution in [-0.4, -0.2) is 9.97 Å². The summed E-state index contributed by atoms with van der Waals surface area (Å²) >= 11 is 0. The Labute approximate surface area is 118 Å². The van der Waals surface area contributed by atoms with E-state index in [4.69, 9.17) is 5.73 Å². The lowest BCUT2D eigenvalue weighted by molar-refractivity contribution is 0.615. The van der Waals surface area contributed by atoms with Crippen molar-refractivity contribution in [1.29, 1.82) is 5.26 Å². The fraction of sp³-hybridized carbons (Fsp3) is 0.250. The standard InChI is InChI=1S/C16H16N4/c17-10-13-12(11-5-2-1-3-6-11)9-15(20-16(13)18)14-7-4-8-19-14/h1-2,4,7-9,11,19H,3,5-6H2,(H2,18,20)/t11-/m1/s1. The van der Waals surface area contributed by atoms with E-state index in [0.717, 1.165) is 36.2 Å². The summed E-state index contributed by atoms with van der Waals surface area (Å²) in [5.74, 6) is 0.679. The third kappa shape index (κ3) is 2.19. The maximum absolute atomic E-state index is 9.36. The van der Waals surface area contributed by atoms with Crippen LogP contribution in [0.2, 0.25) is 0 Å². The number of rotatable bonds is 2. The van der Waals surface area contributed by atoms with Crippen molar-refractivity contribution in [3.8, 4) is 17.5 Å². The van der Waals surface area contributed by atoms with Gasteiger partial charge in [0, 0.05) is 6.20 Å². The van der Waals surface area contributed by atoms with Gasteiger partial charge in [-0.25, -0.2) is 4.98 Å². The van der Waals surface area contributed by atoms with Crippen LogP contribution in [0.3, 0.4) is 0 Å². The van der Waals surface area contributed by atoms with Crippen molar-refractivity contribution in [1.82, 2.24) is 9.97 Å². The number of allylic oxidation sites excluding steroid dienone is 2. The van der Waals surface area contributed by atoms with Crippen LogP contribution < -0.4 is 5.73 Å². The van der Waals surface area contributed by atoms with Crippen LogP contribution in [0.25, 0.3) is 11.4 Å². The monoisotopic (exact) mass is 264 g/mol. The van der Waals surface area contributed by atoms with Gasteiger partial charge in [-0.2, -0.15) is 5.26 Å². The lowest BCUT2D eigenvalue weighted by Crippen LogP contribution is -2.08. The number of anilines is 1. The van der Waals surface area contributed by atoms with E-state index in [1.165, 1.54) is 0 Å². The number of H-pyrrole nitrogens is 1. The molecule has 1 aliphatic carbocycles. The van der Waals surface area contributed by atoms with E-state index in [2.05, 4.69) is 28.2 Å². The van der Waals surface area contributed by atoms with Crippen LogP contribution in [0.1, 0.15) is 36.3 Å². The molecule has 100 valence electrons. The molecule has 0 aromatic carbocycles. The fourth-order valence-electron chi connectivity index (χ4n) is 2.73. The Morgan fingerprint density at radius 1 is 1.40 bits per heavy atom. The molecule has 0 radical (unpaired) electrons. The minimum Gasteiger partial charge on any atom is -0.383 e. The molecule has 2 aromatic rings. The van der Waals surface area contributed by atoms with Gasteiger partial charge in [-0.15, -0.1) is 0 Å². The fourth-order valence-corrected chi connectivity index (χ4v) is 2.73. The Morgan fingerprint density at radius 2 is 2.30 bits per heavy atom. The lowest BCUT2D eigenvalue weighted by Gasteiger charge is -2.20. The SMILES string of the molecule is N#Cc1c([C@@H]2CC=CCC2)cc(-c2ccc[nH]2)nc1N. The highest BCUT2D eigenvalue weighted by Gasteiger charge is 2.20. The molecule has 2 heterocycles. The highest BCUT2D eigenvalue weighted by molar-refractivity contribution is 5.64. The summed E-state index contributed by atoms with van der Waals surface area (Å²) in [6, 6.07) is 8.10. The molecule has 0 saturated heterocycles. The highest BCUT2D eigenvalue weighted by atomic mass is 14.9. The molecule has 4 heteroatoms. The molecular weight excluding hydrogens is 248 g/mol. The molecule has 20 heavy (non-hydrogen) atoms. The third-order valence-electron chi connectivity index (χ3n) is 3.77. The van der Waals surface area contributed by atoms with E-state index >= 15 is 0 Å². The average Bonchev–Trinajstić information content (AvgIpc) is 3.01. The molecule has 0 aliphatic heterocycles. The quantitative estimate of drug-likeness (QED) is 0.816. The average molecular weight is 264 g/mol. The minimum absolute atomic E-state index is 0.323. The summed E-state index contributed by atoms with van der Waals surface area (Å²) in [6.07, 6.45) is 9.30. The number of nitrogen functional groups attached to an aromatic ring is 1. The largest absolute Gasteiger partial charge is 0.383 e. The number of hydrogen-bond acceptors (Lipinski definition) is 3. The van der Waals surface area contributed by atoms with Gasteiger partial charge in [0.1, 0.15) is 11.9 Å². The van der Waals surface area contributed by atoms with Gasteiger partial charge in [0.15, 0.2) is 0 Å². The molecule has 0 spiro atoms. The van der Waals surface area contributed by atoms with E-state index in [-0.39, 0.29) is 0 Å². The topological polar surface area (TPSA) is 78.5 Å². The summed E-state index contributed by atoms with van der Waals surface area (Å²) in [5.41, 5.74) is 9.26. The Hall–Kier alpha value is -2.54. The zero-order valence-corrected chi connectivity index (χ0v) is 11.1. The molecule has 0 bridgehead atoms. The van der Waals surface area contributed by atoms with Gasteiger partial charge in [-0.05, 0) is 48.9 Å². The second-order valence-electron chi connectivity index (χ2n) is 5.03. The normalized spacial score (nSPS) is 17.9. The van der Waals surface area contributed by atoms with Gasteiger partial charge >= 0.3 is 0 Å². The molecule has 4 nitrogen and oxygen atoms in total. The van der Waals surface area contributed by atoms with Gasteiger partial charge in [0.25, 0.3) is 0 Å². The Bertz CT molecular complexity index is 677. The van der Waals surface area contributed by atoms with Gasteiger partial charge in [0.2, 0.25) is 0 Å². The predicted molar refractivity (Wildman–Crippen MR) is 78.9 cm³/mol. The van der Waals surface area contributed by atoms with E-state index in [1.807, 2.05) is 24.4 Å². The van der Waals surface area contributed by atoms with E-state index < -0.39 is 0 Å². The van der Waals surface area contributed by atoms with Crippen molar-refractivity contribution in [2.45, 2.75) is 25.2 Å². The first-order valence-electron chi connectivity index (χ1n) is 6.79. The van der Waals surface area contributed by atoms with Crippen molar-refractivity contribution in [2.75, 3.05) is 5.73 Å². The molecule has 0 saturated carbocycles. The van der Waals surface area contributed by atoms with Gasteiger partial charge < -0.3 is 10.7 Å². The first-order valence-corrected chi connectivity index (χ1v) is 6.79. The van der Waals surface area contributed by atoms with Crippen LogP contribution in [0.5, 0.6) is 0 Å². The van der Waals surface area contributed by atoms with Crippen molar-refractivity contribution >= 4 is 5.82 Å². The first-order chi connectivity index (χ1) is 9.79. The molecule has 0 amide bonds. The van der Waals surface area contributed by atoms with Crippen LogP contribution in [0, 0.1) is 11.3 Å². The number of nitriles is 1. The van der Waals surface area contributed by atoms with Crippen LogP contribution in [0.4, 0.5) is 5.82 Å². The van der Waals surface area contributed by atoms with Crippen LogP contribution in [-0.2, 0) is 0 Å². The maximum Gasteiger partial charge on any atom is 0.142 e. The number of nitrogens with two attached hydrogens (primary N) is 1. The number of aromatic amines is 1. The lowest BCUT2D eigenvalue weighted by atomic mass is 9.85. The molecule has 0 unspecified atom stereocenters. The summed E-state index contributed by atoms with van der Waals surface area (Å²) < 4.78 is 0. The molecule has 1 atom stereocenters. The van der Waals surface area contributed by atoms with Crippen molar-refractivity contribution in [2.24, 2.45) is 0 Å². The number of aromatic nitrogens is 2. The Balaban J connectivity index is 2.11. The summed E-state index contributed by atoms with van der Waals surface area (Å²) in [7, 11) is 0. The maximum atomic E-state index is 9.36. The number of nitrogens with zero attached hydrogens (tertiary/aromatic N) is 2. The van der Waals surface area contributed by atoms with Crippen LogP contribution >= 0.6 is 0 Å².